The van der Waals surface area contributed by atoms with Crippen LogP contribution in [-0.2, 0) is 4.89 Å². The van der Waals surface area contributed by atoms with Gasteiger partial charge in [0, 0.05) is 6.07 Å². The minimum absolute atomic E-state index is 0. The van der Waals surface area contributed by atoms with E-state index in [1.165, 1.54) is 16.1 Å². The molecule has 0 N–H and O–H groups in total. The van der Waals surface area contributed by atoms with Gasteiger partial charge in [0.1, 0.15) is 0 Å². The molecule has 0 aliphatic carbocycles. The fraction of sp³-hybridized carbons (Fsp3) is 0.0714. The minimum Gasteiger partial charge on any atom is -1.00 e. The van der Waals surface area contributed by atoms with Crippen molar-refractivity contribution in [2.75, 3.05) is 0 Å². The Kier molecular flexibility index (Phi) is 2.74. The van der Waals surface area contributed by atoms with E-state index in [1.54, 1.807) is 6.26 Å². The Morgan fingerprint density at radius 3 is 3.11 bits per heavy atom. The van der Waals surface area contributed by atoms with Gasteiger partial charge in [0.25, 0.3) is 0 Å². The summed E-state index contributed by atoms with van der Waals surface area (Å²) in [5.41, 5.74) is 0. The lowest BCUT2D eigenvalue weighted by atomic mass is 10.1. The third-order valence-corrected chi connectivity index (χ3v) is 3.18. The van der Waals surface area contributed by atoms with E-state index in [4.69, 9.17) is 9.78 Å². The van der Waals surface area contributed by atoms with Crippen LogP contribution >= 0.6 is 0 Å². The Bertz CT molecular complexity index is 780. The molecule has 2 aromatic rings. The molecule has 0 bridgehead atoms. The first-order valence-corrected chi connectivity index (χ1v) is 5.60. The second kappa shape index (κ2) is 4.28. The van der Waals surface area contributed by atoms with Gasteiger partial charge in [-0.3, -0.25) is 9.78 Å². The number of nitrogens with zero attached hydrogens (tertiary/aromatic N) is 1. The normalized spacial score (nSPS) is 14.4. The lowest BCUT2D eigenvalue weighted by Crippen LogP contribution is -3.00. The molecule has 0 unspecified atom stereocenters. The molecule has 3 nitrogen and oxygen atoms in total. The van der Waals surface area contributed by atoms with Crippen LogP contribution in [0.25, 0.3) is 29.3 Å². The maximum Gasteiger partial charge on any atom is 0.214 e. The van der Waals surface area contributed by atoms with Gasteiger partial charge < -0.3 is 24.0 Å². The van der Waals surface area contributed by atoms with Crippen LogP contribution in [0, 0.1) is 0 Å². The first-order chi connectivity index (χ1) is 8.42. The number of pyridine rings is 1. The maximum atomic E-state index is 5.06. The van der Waals surface area contributed by atoms with Crippen LogP contribution < -0.4 is 44.0 Å². The number of benzene rings is 1. The Labute approximate surface area is 121 Å². The van der Waals surface area contributed by atoms with E-state index >= 15 is 0 Å². The largest absolute Gasteiger partial charge is 1.00 e. The van der Waals surface area contributed by atoms with Crippen molar-refractivity contribution in [2.24, 2.45) is 0 Å². The Hall–Kier alpha value is -1.56. The summed E-state index contributed by atoms with van der Waals surface area (Å²) >= 11 is 0. The van der Waals surface area contributed by atoms with Crippen LogP contribution in [0.1, 0.15) is 6.42 Å². The van der Waals surface area contributed by atoms with E-state index in [0.717, 1.165) is 17.4 Å². The fourth-order valence-corrected chi connectivity index (χ4v) is 2.34. The summed E-state index contributed by atoms with van der Waals surface area (Å²) in [5, 5.41) is 4.61. The van der Waals surface area contributed by atoms with Gasteiger partial charge in [-0.05, 0) is 36.1 Å². The Balaban J connectivity index is 0.000001000. The van der Waals surface area contributed by atoms with Gasteiger partial charge in [0.05, 0.1) is 10.6 Å². The first kappa shape index (κ1) is 11.5. The molecule has 0 atom stereocenters. The molecular weight excluding hydrogens is 341 g/mol. The molecule has 90 valence electrons. The van der Waals surface area contributed by atoms with Gasteiger partial charge in [-0.25, -0.2) is 0 Å². The summed E-state index contributed by atoms with van der Waals surface area (Å²) < 4.78 is 2.13. The molecule has 18 heavy (non-hydrogen) atoms. The zero-order valence-corrected chi connectivity index (χ0v) is 11.6. The smallest absolute Gasteiger partial charge is 0.214 e. The van der Waals surface area contributed by atoms with Crippen molar-refractivity contribution in [2.45, 2.75) is 6.42 Å². The van der Waals surface area contributed by atoms with E-state index < -0.39 is 0 Å². The molecule has 1 aromatic heterocycles. The van der Waals surface area contributed by atoms with Crippen LogP contribution in [0.15, 0.2) is 30.5 Å². The SMILES string of the molecule is C1=C[n+]2ccc3cc4c(cc3c2=CC1)=COO4.[I-]. The number of hydrogen-bond donors (Lipinski definition) is 0. The predicted octanol–water partition coefficient (Wildman–Crippen LogP) is -2.15. The monoisotopic (exact) mass is 351 g/mol. The van der Waals surface area contributed by atoms with E-state index in [0.29, 0.717) is 0 Å². The third kappa shape index (κ3) is 1.59. The van der Waals surface area contributed by atoms with Crippen LogP contribution in [0.3, 0.4) is 0 Å². The van der Waals surface area contributed by atoms with Crippen molar-refractivity contribution in [3.8, 4) is 5.75 Å². The summed E-state index contributed by atoms with van der Waals surface area (Å²) in [6.45, 7) is 0. The summed E-state index contributed by atoms with van der Waals surface area (Å²) in [7, 11) is 0. The minimum atomic E-state index is 0. The van der Waals surface area contributed by atoms with Crippen LogP contribution in [-0.4, -0.2) is 0 Å². The number of halogens is 1. The van der Waals surface area contributed by atoms with Gasteiger partial charge in [0.2, 0.25) is 5.35 Å². The maximum absolute atomic E-state index is 5.06. The van der Waals surface area contributed by atoms with Gasteiger partial charge in [-0.15, -0.1) is 0 Å². The summed E-state index contributed by atoms with van der Waals surface area (Å²) in [4.78, 5) is 9.94. The second-order valence-corrected chi connectivity index (χ2v) is 4.21. The number of aromatic nitrogens is 1. The van der Waals surface area contributed by atoms with Crippen LogP contribution in [0.2, 0.25) is 0 Å². The van der Waals surface area contributed by atoms with Gasteiger partial charge in [-0.2, -0.15) is 4.57 Å². The summed E-state index contributed by atoms with van der Waals surface area (Å²) in [6, 6.07) is 6.21. The van der Waals surface area contributed by atoms with E-state index in [-0.39, 0.29) is 24.0 Å². The molecule has 4 rings (SSSR count). The average Bonchev–Trinajstić information content (AvgIpc) is 2.83. The van der Waals surface area contributed by atoms with Gasteiger partial charge >= 0.3 is 0 Å². The molecule has 0 saturated heterocycles. The number of rotatable bonds is 0. The lowest BCUT2D eigenvalue weighted by Gasteiger charge is -2.01. The summed E-state index contributed by atoms with van der Waals surface area (Å²) in [6.07, 6.45) is 11.1. The molecule has 1 aromatic carbocycles. The number of hydrogen-bond acceptors (Lipinski definition) is 2. The Morgan fingerprint density at radius 2 is 2.17 bits per heavy atom. The zero-order valence-electron chi connectivity index (χ0n) is 9.47. The highest BCUT2D eigenvalue weighted by molar-refractivity contribution is 5.84. The van der Waals surface area contributed by atoms with Crippen LogP contribution in [0.4, 0.5) is 0 Å². The molecule has 0 fully saturated rings. The number of fused-ring (bicyclic) bond motifs is 4. The molecule has 2 aliphatic rings. The van der Waals surface area contributed by atoms with E-state index in [9.17, 15) is 0 Å². The highest BCUT2D eigenvalue weighted by atomic mass is 127. The second-order valence-electron chi connectivity index (χ2n) is 4.21. The van der Waals surface area contributed by atoms with E-state index in [1.807, 2.05) is 6.07 Å². The molecule has 2 aliphatic heterocycles. The molecule has 4 heteroatoms. The molecule has 0 amide bonds. The highest BCUT2D eigenvalue weighted by Crippen LogP contribution is 2.16. The summed E-state index contributed by atoms with van der Waals surface area (Å²) in [5.74, 6) is 0.786. The molecule has 0 spiro atoms. The van der Waals surface area contributed by atoms with Crippen molar-refractivity contribution in [3.05, 3.63) is 41.0 Å². The van der Waals surface area contributed by atoms with Gasteiger partial charge in [-0.1, -0.05) is 0 Å². The first-order valence-electron chi connectivity index (χ1n) is 5.60. The molecule has 0 saturated carbocycles. The van der Waals surface area contributed by atoms with Crippen LogP contribution in [0.5, 0.6) is 5.75 Å². The van der Waals surface area contributed by atoms with Crippen molar-refractivity contribution in [3.63, 3.8) is 0 Å². The predicted molar refractivity (Wildman–Crippen MR) is 64.0 cm³/mol. The Morgan fingerprint density at radius 1 is 1.22 bits per heavy atom. The number of allylic oxidation sites excluding steroid dienone is 1. The van der Waals surface area contributed by atoms with E-state index in [2.05, 4.69) is 41.2 Å². The van der Waals surface area contributed by atoms with Gasteiger partial charge in [0.15, 0.2) is 24.4 Å². The standard InChI is InChI=1S/C14H10NO2.HI/c1-2-5-15-6-4-10-8-14-11(9-16-17-14)7-12(10)13(15)3-1;/h2-9H,1H2;1H/q+1;/p-1. The topological polar surface area (TPSA) is 22.3 Å². The average molecular weight is 351 g/mol. The molecule has 3 heterocycles. The third-order valence-electron chi connectivity index (χ3n) is 3.18. The van der Waals surface area contributed by atoms with Crippen molar-refractivity contribution in [1.29, 1.82) is 0 Å². The van der Waals surface area contributed by atoms with Crippen molar-refractivity contribution >= 4 is 29.3 Å². The fourth-order valence-electron chi connectivity index (χ4n) is 2.34. The highest BCUT2D eigenvalue weighted by Gasteiger charge is 2.13. The quantitative estimate of drug-likeness (QED) is 0.307. The molecule has 0 radical (unpaired) electrons. The van der Waals surface area contributed by atoms with Crippen molar-refractivity contribution in [1.82, 2.24) is 0 Å². The van der Waals surface area contributed by atoms with Crippen molar-refractivity contribution < 1.29 is 38.3 Å². The zero-order chi connectivity index (χ0) is 11.2. The molecular formula is C14H10INO2. The lowest BCUT2D eigenvalue weighted by molar-refractivity contribution is -0.582.